The van der Waals surface area contributed by atoms with Crippen molar-refractivity contribution in [1.29, 1.82) is 0 Å². The summed E-state index contributed by atoms with van der Waals surface area (Å²) in [5.74, 6) is 4.69. The highest BCUT2D eigenvalue weighted by atomic mass is 16.6. The van der Waals surface area contributed by atoms with Crippen LogP contribution in [0.25, 0.3) is 0 Å². The van der Waals surface area contributed by atoms with Crippen molar-refractivity contribution in [2.45, 2.75) is 24.5 Å². The largest absolute Gasteiger partial charge is 0.496 e. The van der Waals surface area contributed by atoms with Crippen LogP contribution < -0.4 is 23.7 Å². The van der Waals surface area contributed by atoms with Crippen LogP contribution in [0, 0.1) is 0 Å². The van der Waals surface area contributed by atoms with Crippen molar-refractivity contribution in [2.24, 2.45) is 0 Å². The standard InChI is InChI=1S/C20H23NO3.C9H10O3/c1-22-18-7-3-2-6-17(18)15-10-11-21(12-15)13-16-14-23-19-8-4-5-9-20(19)24-16;10-5-7-6-11-8-3-1-2-4-9(8)12-7/h2-9,15-16H,10-14H2,1H3;1-4,7,10H,5-6H2/t15?,16-;7-/m00/s1. The fraction of sp³-hybridized carbons (Fsp3) is 0.379. The summed E-state index contributed by atoms with van der Waals surface area (Å²) in [7, 11) is 1.75. The zero-order chi connectivity index (χ0) is 24.7. The van der Waals surface area contributed by atoms with Crippen LogP contribution in [0.5, 0.6) is 28.7 Å². The van der Waals surface area contributed by atoms with E-state index in [9.17, 15) is 0 Å². The van der Waals surface area contributed by atoms with Crippen molar-refractivity contribution in [3.63, 3.8) is 0 Å². The van der Waals surface area contributed by atoms with E-state index in [1.807, 2.05) is 60.7 Å². The van der Waals surface area contributed by atoms with Gasteiger partial charge < -0.3 is 28.8 Å². The van der Waals surface area contributed by atoms with Gasteiger partial charge in [0.25, 0.3) is 0 Å². The van der Waals surface area contributed by atoms with Gasteiger partial charge in [0.15, 0.2) is 29.1 Å². The molecule has 7 heteroatoms. The Kier molecular flexibility index (Phi) is 7.79. The van der Waals surface area contributed by atoms with Gasteiger partial charge >= 0.3 is 0 Å². The predicted octanol–water partition coefficient (Wildman–Crippen LogP) is 4.14. The van der Waals surface area contributed by atoms with E-state index >= 15 is 0 Å². The van der Waals surface area contributed by atoms with Gasteiger partial charge in [-0.1, -0.05) is 42.5 Å². The topological polar surface area (TPSA) is 69.6 Å². The second-order valence-electron chi connectivity index (χ2n) is 9.16. The highest BCUT2D eigenvalue weighted by molar-refractivity contribution is 5.41. The van der Waals surface area contributed by atoms with Crippen LogP contribution in [0.15, 0.2) is 72.8 Å². The summed E-state index contributed by atoms with van der Waals surface area (Å²) in [6.07, 6.45) is 1.03. The van der Waals surface area contributed by atoms with Gasteiger partial charge in [0.1, 0.15) is 25.1 Å². The first-order valence-corrected chi connectivity index (χ1v) is 12.5. The monoisotopic (exact) mass is 491 g/mol. The number of methoxy groups -OCH3 is 1. The number of aliphatic hydroxyl groups excluding tert-OH is 1. The van der Waals surface area contributed by atoms with Gasteiger partial charge in [-0.05, 0) is 48.9 Å². The van der Waals surface area contributed by atoms with Crippen LogP contribution in [-0.4, -0.2) is 68.8 Å². The fourth-order valence-corrected chi connectivity index (χ4v) is 4.85. The molecule has 3 atom stereocenters. The number of nitrogens with zero attached hydrogens (tertiary/aromatic N) is 1. The molecule has 190 valence electrons. The average Bonchev–Trinajstić information content (AvgIpc) is 3.41. The SMILES string of the molecule is COc1ccccc1C1CCN(C[C@H]2COc3ccccc3O2)C1.OC[C@H]1COc2ccccc2O1. The van der Waals surface area contributed by atoms with E-state index in [0.717, 1.165) is 49.1 Å². The van der Waals surface area contributed by atoms with Gasteiger partial charge in [0, 0.05) is 19.0 Å². The molecule has 1 N–H and O–H groups in total. The molecule has 7 nitrogen and oxygen atoms in total. The molecule has 1 unspecified atom stereocenters. The molecule has 0 radical (unpaired) electrons. The second kappa shape index (κ2) is 11.5. The van der Waals surface area contributed by atoms with Crippen LogP contribution >= 0.6 is 0 Å². The Morgan fingerprint density at radius 2 is 1.39 bits per heavy atom. The third-order valence-electron chi connectivity index (χ3n) is 6.65. The Balaban J connectivity index is 0.000000186. The number of para-hydroxylation sites is 5. The number of likely N-dealkylation sites (tertiary alicyclic amines) is 1. The van der Waals surface area contributed by atoms with E-state index in [1.165, 1.54) is 5.56 Å². The minimum atomic E-state index is -0.222. The van der Waals surface area contributed by atoms with Gasteiger partial charge in [-0.2, -0.15) is 0 Å². The first kappa shape index (κ1) is 24.3. The smallest absolute Gasteiger partial charge is 0.161 e. The summed E-state index contributed by atoms with van der Waals surface area (Å²) in [6.45, 7) is 4.07. The summed E-state index contributed by atoms with van der Waals surface area (Å²) in [5, 5.41) is 8.81. The Morgan fingerprint density at radius 1 is 0.806 bits per heavy atom. The van der Waals surface area contributed by atoms with E-state index in [0.29, 0.717) is 24.9 Å². The molecule has 0 spiro atoms. The molecule has 0 aromatic heterocycles. The lowest BCUT2D eigenvalue weighted by atomic mass is 9.97. The van der Waals surface area contributed by atoms with Crippen molar-refractivity contribution in [2.75, 3.05) is 46.6 Å². The molecule has 3 aliphatic rings. The second-order valence-corrected chi connectivity index (χ2v) is 9.16. The highest BCUT2D eigenvalue weighted by Gasteiger charge is 2.30. The van der Waals surface area contributed by atoms with Crippen LogP contribution in [0.4, 0.5) is 0 Å². The molecule has 3 aliphatic heterocycles. The quantitative estimate of drug-likeness (QED) is 0.575. The van der Waals surface area contributed by atoms with E-state index in [1.54, 1.807) is 7.11 Å². The number of hydrogen-bond donors (Lipinski definition) is 1. The lowest BCUT2D eigenvalue weighted by Gasteiger charge is -2.29. The van der Waals surface area contributed by atoms with Crippen molar-refractivity contribution < 1.29 is 28.8 Å². The predicted molar refractivity (Wildman–Crippen MR) is 137 cm³/mol. The third-order valence-corrected chi connectivity index (χ3v) is 6.65. The molecule has 0 aliphatic carbocycles. The Morgan fingerprint density at radius 3 is 2.06 bits per heavy atom. The molecule has 36 heavy (non-hydrogen) atoms. The van der Waals surface area contributed by atoms with Crippen molar-refractivity contribution in [1.82, 2.24) is 4.90 Å². The number of hydrogen-bond acceptors (Lipinski definition) is 7. The third kappa shape index (κ3) is 5.69. The lowest BCUT2D eigenvalue weighted by Crippen LogP contribution is -2.40. The summed E-state index contributed by atoms with van der Waals surface area (Å²) < 4.78 is 28.2. The maximum Gasteiger partial charge on any atom is 0.161 e. The van der Waals surface area contributed by atoms with E-state index in [4.69, 9.17) is 28.8 Å². The maximum absolute atomic E-state index is 8.81. The van der Waals surface area contributed by atoms with Crippen LogP contribution in [0.1, 0.15) is 17.9 Å². The van der Waals surface area contributed by atoms with Crippen molar-refractivity contribution >= 4 is 0 Å². The molecular weight excluding hydrogens is 458 g/mol. The highest BCUT2D eigenvalue weighted by Crippen LogP contribution is 2.35. The van der Waals surface area contributed by atoms with Crippen molar-refractivity contribution in [3.05, 3.63) is 78.4 Å². The van der Waals surface area contributed by atoms with Gasteiger partial charge in [-0.15, -0.1) is 0 Å². The van der Waals surface area contributed by atoms with Crippen LogP contribution in [0.3, 0.4) is 0 Å². The first-order chi connectivity index (χ1) is 17.7. The Hall–Kier alpha value is -3.42. The Labute approximate surface area is 212 Å². The van der Waals surface area contributed by atoms with E-state index in [2.05, 4.69) is 17.0 Å². The molecule has 3 aromatic rings. The molecule has 3 heterocycles. The minimum Gasteiger partial charge on any atom is -0.496 e. The van der Waals surface area contributed by atoms with Gasteiger partial charge in [-0.25, -0.2) is 0 Å². The lowest BCUT2D eigenvalue weighted by molar-refractivity contribution is 0.0456. The molecule has 1 fully saturated rings. The number of aliphatic hydroxyl groups is 1. The Bertz CT molecular complexity index is 1140. The number of fused-ring (bicyclic) bond motifs is 2. The van der Waals surface area contributed by atoms with Crippen LogP contribution in [0.2, 0.25) is 0 Å². The summed E-state index contributed by atoms with van der Waals surface area (Å²) in [5.41, 5.74) is 1.31. The molecular formula is C29H33NO6. The molecule has 6 rings (SSSR count). The van der Waals surface area contributed by atoms with Crippen LogP contribution in [-0.2, 0) is 0 Å². The van der Waals surface area contributed by atoms with Crippen molar-refractivity contribution in [3.8, 4) is 28.7 Å². The zero-order valence-corrected chi connectivity index (χ0v) is 20.5. The molecule has 1 saturated heterocycles. The summed E-state index contributed by atoms with van der Waals surface area (Å²) in [6, 6.07) is 23.7. The number of ether oxygens (including phenoxy) is 5. The summed E-state index contributed by atoms with van der Waals surface area (Å²) in [4.78, 5) is 2.47. The maximum atomic E-state index is 8.81. The molecule has 0 saturated carbocycles. The van der Waals surface area contributed by atoms with Gasteiger partial charge in [0.2, 0.25) is 0 Å². The molecule has 0 amide bonds. The fourth-order valence-electron chi connectivity index (χ4n) is 4.85. The number of rotatable bonds is 5. The average molecular weight is 492 g/mol. The first-order valence-electron chi connectivity index (χ1n) is 12.5. The zero-order valence-electron chi connectivity index (χ0n) is 20.5. The summed E-state index contributed by atoms with van der Waals surface area (Å²) >= 11 is 0. The van der Waals surface area contributed by atoms with Gasteiger partial charge in [-0.3, -0.25) is 4.90 Å². The normalized spacial score (nSPS) is 22.3. The van der Waals surface area contributed by atoms with E-state index in [-0.39, 0.29) is 18.8 Å². The molecule has 0 bridgehead atoms. The minimum absolute atomic E-state index is 0.00562. The molecule has 3 aromatic carbocycles. The van der Waals surface area contributed by atoms with Gasteiger partial charge in [0.05, 0.1) is 13.7 Å². The van der Waals surface area contributed by atoms with E-state index < -0.39 is 0 Å². The number of benzene rings is 3.